The van der Waals surface area contributed by atoms with Crippen LogP contribution in [0, 0.1) is 44.0 Å². The Hall–Kier alpha value is -3.57. The van der Waals surface area contributed by atoms with E-state index in [1.54, 1.807) is 32.0 Å². The van der Waals surface area contributed by atoms with E-state index in [1.807, 2.05) is 0 Å². The number of carbonyl (C=O) groups excluding carboxylic acids is 1. The first-order chi connectivity index (χ1) is 15.3. The predicted molar refractivity (Wildman–Crippen MR) is 101 cm³/mol. The van der Waals surface area contributed by atoms with Crippen LogP contribution in [-0.2, 0) is 12.8 Å². The number of amides is 1. The van der Waals surface area contributed by atoms with Crippen LogP contribution in [0.15, 0.2) is 22.7 Å². The quantitative estimate of drug-likeness (QED) is 0.362. The molecular formula is C21H15F7N2O3. The highest BCUT2D eigenvalue weighted by molar-refractivity contribution is 6.04. The van der Waals surface area contributed by atoms with Gasteiger partial charge in [0, 0.05) is 0 Å². The van der Waals surface area contributed by atoms with Crippen molar-refractivity contribution in [2.75, 3.05) is 5.32 Å². The van der Waals surface area contributed by atoms with Gasteiger partial charge in [0.15, 0.2) is 29.0 Å². The van der Waals surface area contributed by atoms with E-state index in [4.69, 9.17) is 9.26 Å². The van der Waals surface area contributed by atoms with Gasteiger partial charge < -0.3 is 14.6 Å². The number of anilines is 1. The molecule has 0 atom stereocenters. The minimum Gasteiger partial charge on any atom is -0.488 e. The maximum Gasteiger partial charge on any atom is 0.422 e. The summed E-state index contributed by atoms with van der Waals surface area (Å²) < 4.78 is 105. The number of ether oxygens (including phenoxy) is 1. The van der Waals surface area contributed by atoms with Crippen molar-refractivity contribution in [2.24, 2.45) is 0 Å². The lowest BCUT2D eigenvalue weighted by atomic mass is 10.1. The van der Waals surface area contributed by atoms with Crippen LogP contribution in [0.5, 0.6) is 5.75 Å². The van der Waals surface area contributed by atoms with Gasteiger partial charge in [-0.2, -0.15) is 13.2 Å². The molecule has 0 aliphatic carbocycles. The van der Waals surface area contributed by atoms with Crippen molar-refractivity contribution < 1.29 is 44.8 Å². The normalized spacial score (nSPS) is 11.6. The van der Waals surface area contributed by atoms with Crippen molar-refractivity contribution in [1.29, 1.82) is 0 Å². The van der Waals surface area contributed by atoms with Gasteiger partial charge >= 0.3 is 6.18 Å². The van der Waals surface area contributed by atoms with Crippen molar-refractivity contribution in [3.05, 3.63) is 75.2 Å². The number of aromatic nitrogens is 1. The Labute approximate surface area is 182 Å². The fraction of sp³-hybridized carbons (Fsp3) is 0.238. The summed E-state index contributed by atoms with van der Waals surface area (Å²) in [5, 5.41) is 4.97. The number of rotatable bonds is 5. The summed E-state index contributed by atoms with van der Waals surface area (Å²) in [4.78, 5) is 12.5. The molecule has 33 heavy (non-hydrogen) atoms. The molecule has 3 rings (SSSR count). The van der Waals surface area contributed by atoms with E-state index in [0.717, 1.165) is 11.1 Å². The van der Waals surface area contributed by atoms with Gasteiger partial charge in [0.25, 0.3) is 5.91 Å². The molecule has 0 fully saturated rings. The third-order valence-corrected chi connectivity index (χ3v) is 4.75. The number of hydrogen-bond donors (Lipinski definition) is 1. The van der Waals surface area contributed by atoms with Gasteiger partial charge in [-0.25, -0.2) is 17.6 Å². The highest BCUT2D eigenvalue weighted by Crippen LogP contribution is 2.38. The molecule has 0 bridgehead atoms. The first-order valence-corrected chi connectivity index (χ1v) is 9.23. The second-order valence-corrected chi connectivity index (χ2v) is 7.03. The van der Waals surface area contributed by atoms with Gasteiger partial charge in [-0.3, -0.25) is 4.79 Å². The largest absolute Gasteiger partial charge is 0.488 e. The standard InChI is InChI=1S/C21H15F7N2O3/c1-8-5-4-6-9(2)19(8)32-7-11-10(3)33-30-17(11)20(31)29-18-15(24)13(22)12(21(26,27)28)14(23)16(18)25/h4-6H,7H2,1-3H3,(H,29,31). The molecule has 0 unspecified atom stereocenters. The number of nitrogens with one attached hydrogen (secondary N) is 1. The van der Waals surface area contributed by atoms with Crippen molar-refractivity contribution in [3.8, 4) is 5.75 Å². The van der Waals surface area contributed by atoms with Crippen molar-refractivity contribution in [2.45, 2.75) is 33.6 Å². The topological polar surface area (TPSA) is 64.4 Å². The Kier molecular flexibility index (Phi) is 6.39. The molecule has 1 aromatic heterocycles. The number of halogens is 7. The molecule has 0 aliphatic heterocycles. The Bertz CT molecular complexity index is 1190. The third-order valence-electron chi connectivity index (χ3n) is 4.75. The van der Waals surface area contributed by atoms with Gasteiger partial charge in [0.1, 0.15) is 29.4 Å². The van der Waals surface area contributed by atoms with Gasteiger partial charge in [-0.1, -0.05) is 23.4 Å². The molecule has 0 saturated carbocycles. The summed E-state index contributed by atoms with van der Waals surface area (Å²) in [5.41, 5.74) is -3.45. The maximum absolute atomic E-state index is 14.1. The molecule has 3 aromatic rings. The highest BCUT2D eigenvalue weighted by Gasteiger charge is 2.42. The molecule has 0 saturated heterocycles. The summed E-state index contributed by atoms with van der Waals surface area (Å²) in [5.74, 6) is -11.1. The number of para-hydroxylation sites is 1. The fourth-order valence-electron chi connectivity index (χ4n) is 3.07. The number of hydrogen-bond acceptors (Lipinski definition) is 4. The Morgan fingerprint density at radius 3 is 2.06 bits per heavy atom. The zero-order chi connectivity index (χ0) is 24.7. The van der Waals surface area contributed by atoms with Gasteiger partial charge in [0.2, 0.25) is 0 Å². The first-order valence-electron chi connectivity index (χ1n) is 9.23. The van der Waals surface area contributed by atoms with Crippen LogP contribution in [0.4, 0.5) is 36.4 Å². The Balaban J connectivity index is 1.93. The molecular weight excluding hydrogens is 461 g/mol. The fourth-order valence-corrected chi connectivity index (χ4v) is 3.07. The van der Waals surface area contributed by atoms with Gasteiger partial charge in [-0.15, -0.1) is 0 Å². The van der Waals surface area contributed by atoms with Crippen molar-refractivity contribution in [1.82, 2.24) is 5.16 Å². The molecule has 0 radical (unpaired) electrons. The number of aryl methyl sites for hydroxylation is 3. The maximum atomic E-state index is 14.1. The molecule has 176 valence electrons. The molecule has 2 aromatic carbocycles. The number of carbonyl (C=O) groups is 1. The number of benzene rings is 2. The Morgan fingerprint density at radius 1 is 1.00 bits per heavy atom. The van der Waals surface area contributed by atoms with E-state index in [9.17, 15) is 35.5 Å². The third kappa shape index (κ3) is 4.50. The Morgan fingerprint density at radius 2 is 1.55 bits per heavy atom. The SMILES string of the molecule is Cc1cccc(C)c1OCc1c(C(=O)Nc2c(F)c(F)c(C(F)(F)F)c(F)c2F)noc1C. The summed E-state index contributed by atoms with van der Waals surface area (Å²) in [6.45, 7) is 4.68. The van der Waals surface area contributed by atoms with Crippen LogP contribution in [0.25, 0.3) is 0 Å². The lowest BCUT2D eigenvalue weighted by Crippen LogP contribution is -2.21. The monoisotopic (exact) mass is 476 g/mol. The second kappa shape index (κ2) is 8.75. The van der Waals surface area contributed by atoms with Crippen molar-refractivity contribution in [3.63, 3.8) is 0 Å². The summed E-state index contributed by atoms with van der Waals surface area (Å²) in [6.07, 6.45) is -5.71. The smallest absolute Gasteiger partial charge is 0.422 e. The number of nitrogens with zero attached hydrogens (tertiary/aromatic N) is 1. The van der Waals surface area contributed by atoms with Crippen molar-refractivity contribution >= 4 is 11.6 Å². The second-order valence-electron chi connectivity index (χ2n) is 7.03. The lowest BCUT2D eigenvalue weighted by Gasteiger charge is -2.14. The van der Waals surface area contributed by atoms with Crippen LogP contribution >= 0.6 is 0 Å². The summed E-state index contributed by atoms with van der Waals surface area (Å²) in [6, 6.07) is 5.35. The molecule has 1 heterocycles. The van der Waals surface area contributed by atoms with E-state index < -0.39 is 52.3 Å². The molecule has 12 heteroatoms. The summed E-state index contributed by atoms with van der Waals surface area (Å²) in [7, 11) is 0. The van der Waals surface area contributed by atoms with E-state index in [-0.39, 0.29) is 17.9 Å². The van der Waals surface area contributed by atoms with E-state index >= 15 is 0 Å². The van der Waals surface area contributed by atoms with Crippen LogP contribution in [0.2, 0.25) is 0 Å². The molecule has 1 N–H and O–H groups in total. The first kappa shape index (κ1) is 24.1. The van der Waals surface area contributed by atoms with Crippen LogP contribution in [-0.4, -0.2) is 11.1 Å². The molecule has 5 nitrogen and oxygen atoms in total. The number of alkyl halides is 3. The molecule has 0 spiro atoms. The van der Waals surface area contributed by atoms with Gasteiger partial charge in [0.05, 0.1) is 5.56 Å². The minimum atomic E-state index is -5.71. The van der Waals surface area contributed by atoms with Gasteiger partial charge in [-0.05, 0) is 31.9 Å². The summed E-state index contributed by atoms with van der Waals surface area (Å²) >= 11 is 0. The van der Waals surface area contributed by atoms with Crippen LogP contribution in [0.3, 0.4) is 0 Å². The van der Waals surface area contributed by atoms with Crippen LogP contribution in [0.1, 0.15) is 38.5 Å². The average Bonchev–Trinajstić information content (AvgIpc) is 3.09. The molecule has 0 aliphatic rings. The zero-order valence-corrected chi connectivity index (χ0v) is 17.3. The van der Waals surface area contributed by atoms with E-state index in [0.29, 0.717) is 5.75 Å². The average molecular weight is 476 g/mol. The van der Waals surface area contributed by atoms with Crippen LogP contribution < -0.4 is 10.1 Å². The lowest BCUT2D eigenvalue weighted by molar-refractivity contribution is -0.143. The van der Waals surface area contributed by atoms with E-state index in [2.05, 4.69) is 5.16 Å². The predicted octanol–water partition coefficient (Wildman–Crippen LogP) is 6.01. The highest BCUT2D eigenvalue weighted by atomic mass is 19.4. The van der Waals surface area contributed by atoms with E-state index in [1.165, 1.54) is 12.2 Å². The molecule has 1 amide bonds. The minimum absolute atomic E-state index is 0.0452. The zero-order valence-electron chi connectivity index (χ0n) is 17.3.